The maximum absolute atomic E-state index is 11.3. The molecule has 1 aromatic rings. The molecule has 0 aromatic heterocycles. The molecule has 4 heteroatoms. The molecule has 0 fully saturated rings. The first kappa shape index (κ1) is 16.6. The quantitative estimate of drug-likeness (QED) is 0.623. The van der Waals surface area contributed by atoms with E-state index in [-0.39, 0.29) is 12.1 Å². The Balaban J connectivity index is 2.33. The van der Waals surface area contributed by atoms with E-state index in [2.05, 4.69) is 29.1 Å². The minimum atomic E-state index is -0.212. The molecule has 2 N–H and O–H groups in total. The lowest BCUT2D eigenvalue weighted by molar-refractivity contribution is 0.239. The first-order chi connectivity index (χ1) is 10.1. The van der Waals surface area contributed by atoms with Crippen LogP contribution in [0.5, 0.6) is 5.75 Å². The number of carbonyl (C=O) groups excluding carboxylic acids is 1. The van der Waals surface area contributed by atoms with E-state index in [1.165, 1.54) is 0 Å². The number of benzene rings is 1. The fraction of sp³-hybridized carbons (Fsp3) is 0.353. The molecular weight excluding hydrogens is 264 g/mol. The molecule has 0 saturated heterocycles. The predicted molar refractivity (Wildman–Crippen MR) is 85.3 cm³/mol. The van der Waals surface area contributed by atoms with Gasteiger partial charge in [0.05, 0.1) is 6.54 Å². The summed E-state index contributed by atoms with van der Waals surface area (Å²) in [5, 5.41) is 5.37. The van der Waals surface area contributed by atoms with Gasteiger partial charge in [-0.25, -0.2) is 4.79 Å². The average Bonchev–Trinajstić information content (AvgIpc) is 2.44. The van der Waals surface area contributed by atoms with Crippen molar-refractivity contribution in [2.75, 3.05) is 13.2 Å². The van der Waals surface area contributed by atoms with Gasteiger partial charge in [0.1, 0.15) is 12.4 Å². The van der Waals surface area contributed by atoms with Crippen molar-refractivity contribution in [1.29, 1.82) is 0 Å². The number of para-hydroxylation sites is 1. The van der Waals surface area contributed by atoms with Crippen LogP contribution in [-0.4, -0.2) is 25.2 Å². The van der Waals surface area contributed by atoms with E-state index < -0.39 is 0 Å². The molecule has 0 saturated carbocycles. The van der Waals surface area contributed by atoms with Gasteiger partial charge in [-0.15, -0.1) is 6.58 Å². The van der Waals surface area contributed by atoms with E-state index in [1.54, 1.807) is 0 Å². The molecule has 0 aliphatic rings. The molecule has 0 bridgehead atoms. The summed E-state index contributed by atoms with van der Waals surface area (Å²) in [4.78, 5) is 11.3. The van der Waals surface area contributed by atoms with Crippen molar-refractivity contribution in [3.8, 4) is 17.6 Å². The maximum atomic E-state index is 11.3. The fourth-order valence-electron chi connectivity index (χ4n) is 1.63. The van der Waals surface area contributed by atoms with Crippen LogP contribution in [0.1, 0.15) is 19.4 Å². The Morgan fingerprint density at radius 3 is 2.86 bits per heavy atom. The molecule has 0 aliphatic carbocycles. The van der Waals surface area contributed by atoms with Crippen molar-refractivity contribution in [3.05, 3.63) is 42.5 Å². The van der Waals surface area contributed by atoms with E-state index in [1.807, 2.05) is 44.2 Å². The van der Waals surface area contributed by atoms with E-state index in [0.717, 1.165) is 17.7 Å². The number of ether oxygens (including phenoxy) is 1. The SMILES string of the molecule is C=CCc1ccccc1OCC#CCNC(=O)NC(C)C. The highest BCUT2D eigenvalue weighted by Crippen LogP contribution is 2.18. The smallest absolute Gasteiger partial charge is 0.315 e. The molecule has 0 aliphatic heterocycles. The summed E-state index contributed by atoms with van der Waals surface area (Å²) in [7, 11) is 0. The molecule has 0 radical (unpaired) electrons. The minimum absolute atomic E-state index is 0.114. The van der Waals surface area contributed by atoms with Gasteiger partial charge in [-0.2, -0.15) is 0 Å². The predicted octanol–water partition coefficient (Wildman–Crippen LogP) is 2.50. The number of nitrogens with one attached hydrogen (secondary N) is 2. The van der Waals surface area contributed by atoms with Gasteiger partial charge in [0.15, 0.2) is 0 Å². The number of amides is 2. The Kier molecular flexibility index (Phi) is 7.52. The molecule has 2 amide bonds. The van der Waals surface area contributed by atoms with Gasteiger partial charge in [0.2, 0.25) is 0 Å². The van der Waals surface area contributed by atoms with Crippen molar-refractivity contribution in [2.24, 2.45) is 0 Å². The first-order valence-corrected chi connectivity index (χ1v) is 6.95. The zero-order chi connectivity index (χ0) is 15.5. The molecule has 1 aromatic carbocycles. The van der Waals surface area contributed by atoms with Crippen LogP contribution in [-0.2, 0) is 6.42 Å². The lowest BCUT2D eigenvalue weighted by Gasteiger charge is -2.08. The van der Waals surface area contributed by atoms with Gasteiger partial charge in [0.25, 0.3) is 0 Å². The summed E-state index contributed by atoms with van der Waals surface area (Å²) >= 11 is 0. The molecule has 4 nitrogen and oxygen atoms in total. The Morgan fingerprint density at radius 2 is 2.14 bits per heavy atom. The summed E-state index contributed by atoms with van der Waals surface area (Å²) in [5.41, 5.74) is 1.09. The third-order valence-corrected chi connectivity index (χ3v) is 2.52. The van der Waals surface area contributed by atoms with E-state index in [9.17, 15) is 4.79 Å². The van der Waals surface area contributed by atoms with Gasteiger partial charge in [-0.05, 0) is 31.9 Å². The number of carbonyl (C=O) groups is 1. The van der Waals surface area contributed by atoms with Gasteiger partial charge >= 0.3 is 6.03 Å². The standard InChI is InChI=1S/C17H22N2O2/c1-4-9-15-10-5-6-11-16(15)21-13-8-7-12-18-17(20)19-14(2)3/h4-6,10-11,14H,1,9,12-13H2,2-3H3,(H2,18,19,20). The number of allylic oxidation sites excluding steroid dienone is 1. The third-order valence-electron chi connectivity index (χ3n) is 2.52. The first-order valence-electron chi connectivity index (χ1n) is 6.95. The molecule has 0 heterocycles. The Labute approximate surface area is 126 Å². The van der Waals surface area contributed by atoms with Crippen molar-refractivity contribution in [1.82, 2.24) is 10.6 Å². The lowest BCUT2D eigenvalue weighted by Crippen LogP contribution is -2.39. The molecule has 0 spiro atoms. The monoisotopic (exact) mass is 286 g/mol. The average molecular weight is 286 g/mol. The summed E-state index contributed by atoms with van der Waals surface area (Å²) < 4.78 is 5.61. The summed E-state index contributed by atoms with van der Waals surface area (Å²) in [5.74, 6) is 6.53. The van der Waals surface area contributed by atoms with Crippen molar-refractivity contribution >= 4 is 6.03 Å². The molecule has 1 rings (SSSR count). The summed E-state index contributed by atoms with van der Waals surface area (Å²) in [6, 6.07) is 7.71. The number of rotatable bonds is 6. The number of urea groups is 1. The normalized spacial score (nSPS) is 9.48. The van der Waals surface area contributed by atoms with E-state index in [4.69, 9.17) is 4.74 Å². The van der Waals surface area contributed by atoms with Crippen LogP contribution >= 0.6 is 0 Å². The van der Waals surface area contributed by atoms with Gasteiger partial charge in [-0.1, -0.05) is 36.1 Å². The molecule has 0 atom stereocenters. The molecule has 0 unspecified atom stereocenters. The van der Waals surface area contributed by atoms with Gasteiger partial charge < -0.3 is 15.4 Å². The summed E-state index contributed by atoms with van der Waals surface area (Å²) in [6.07, 6.45) is 2.60. The highest BCUT2D eigenvalue weighted by atomic mass is 16.5. The molecule has 112 valence electrons. The van der Waals surface area contributed by atoms with Gasteiger partial charge in [0, 0.05) is 6.04 Å². The summed E-state index contributed by atoms with van der Waals surface area (Å²) in [6.45, 7) is 8.13. The van der Waals surface area contributed by atoms with E-state index >= 15 is 0 Å². The third kappa shape index (κ3) is 7.07. The van der Waals surface area contributed by atoms with Crippen LogP contribution < -0.4 is 15.4 Å². The second-order valence-electron chi connectivity index (χ2n) is 4.72. The zero-order valence-corrected chi connectivity index (χ0v) is 12.6. The number of hydrogen-bond donors (Lipinski definition) is 2. The zero-order valence-electron chi connectivity index (χ0n) is 12.6. The lowest BCUT2D eigenvalue weighted by atomic mass is 10.1. The second-order valence-corrected chi connectivity index (χ2v) is 4.72. The minimum Gasteiger partial charge on any atom is -0.481 e. The Bertz CT molecular complexity index is 527. The largest absolute Gasteiger partial charge is 0.481 e. The molecular formula is C17H22N2O2. The van der Waals surface area contributed by atoms with Crippen LogP contribution in [0.2, 0.25) is 0 Å². The van der Waals surface area contributed by atoms with E-state index in [0.29, 0.717) is 13.2 Å². The van der Waals surface area contributed by atoms with Crippen LogP contribution in [0.15, 0.2) is 36.9 Å². The van der Waals surface area contributed by atoms with Crippen LogP contribution in [0, 0.1) is 11.8 Å². The van der Waals surface area contributed by atoms with Crippen LogP contribution in [0.25, 0.3) is 0 Å². The van der Waals surface area contributed by atoms with Crippen molar-refractivity contribution in [3.63, 3.8) is 0 Å². The topological polar surface area (TPSA) is 50.4 Å². The fourth-order valence-corrected chi connectivity index (χ4v) is 1.63. The van der Waals surface area contributed by atoms with Crippen LogP contribution in [0.4, 0.5) is 4.79 Å². The van der Waals surface area contributed by atoms with Crippen LogP contribution in [0.3, 0.4) is 0 Å². The number of hydrogen-bond acceptors (Lipinski definition) is 2. The van der Waals surface area contributed by atoms with Crippen molar-refractivity contribution < 1.29 is 9.53 Å². The highest BCUT2D eigenvalue weighted by Gasteiger charge is 2.00. The Morgan fingerprint density at radius 1 is 1.38 bits per heavy atom. The maximum Gasteiger partial charge on any atom is 0.315 e. The van der Waals surface area contributed by atoms with Crippen molar-refractivity contribution in [2.45, 2.75) is 26.3 Å². The highest BCUT2D eigenvalue weighted by molar-refractivity contribution is 5.74. The second kappa shape index (κ2) is 9.49. The van der Waals surface area contributed by atoms with Gasteiger partial charge in [-0.3, -0.25) is 0 Å². The molecule has 21 heavy (non-hydrogen) atoms. The Hall–Kier alpha value is -2.41.